The van der Waals surface area contributed by atoms with Crippen LogP contribution in [-0.2, 0) is 0 Å². The van der Waals surface area contributed by atoms with Gasteiger partial charge in [0, 0.05) is 6.07 Å². The molecule has 0 saturated carbocycles. The third kappa shape index (κ3) is 3.10. The topological polar surface area (TPSA) is 59.4 Å². The number of pyridine rings is 1. The average molecular weight is 319 g/mol. The molecule has 0 aliphatic heterocycles. The average Bonchev–Trinajstić information content (AvgIpc) is 2.37. The molecule has 0 atom stereocenters. The normalized spacial score (nSPS) is 10.3. The number of nitrogens with zero attached hydrogens (tertiary/aromatic N) is 1. The first kappa shape index (κ1) is 13.9. The maximum Gasteiger partial charge on any atom is 0.356 e. The zero-order valence-electron chi connectivity index (χ0n) is 9.23. The number of ether oxygens (including phenoxy) is 1. The van der Waals surface area contributed by atoms with Crippen LogP contribution in [0.3, 0.4) is 0 Å². The van der Waals surface area contributed by atoms with Gasteiger partial charge in [0.2, 0.25) is 5.88 Å². The van der Waals surface area contributed by atoms with Crippen LogP contribution in [0, 0.1) is 0 Å². The molecule has 7 heteroatoms. The van der Waals surface area contributed by atoms with Gasteiger partial charge in [-0.15, -0.1) is 0 Å². The molecule has 1 N–H and O–H groups in total. The van der Waals surface area contributed by atoms with Crippen molar-refractivity contribution in [3.8, 4) is 11.6 Å². The summed E-state index contributed by atoms with van der Waals surface area (Å²) in [5.74, 6) is -0.904. The molecule has 0 radical (unpaired) electrons. The van der Waals surface area contributed by atoms with Crippen LogP contribution < -0.4 is 4.74 Å². The van der Waals surface area contributed by atoms with Crippen LogP contribution in [0.15, 0.2) is 30.3 Å². The molecule has 4 nitrogen and oxygen atoms in total. The van der Waals surface area contributed by atoms with Crippen molar-refractivity contribution in [2.75, 3.05) is 0 Å². The first-order valence-corrected chi connectivity index (χ1v) is 6.14. The summed E-state index contributed by atoms with van der Waals surface area (Å²) >= 11 is 17.5. The van der Waals surface area contributed by atoms with Gasteiger partial charge in [0.25, 0.3) is 0 Å². The summed E-state index contributed by atoms with van der Waals surface area (Å²) in [6.45, 7) is 0. The summed E-state index contributed by atoms with van der Waals surface area (Å²) in [6, 6.07) is 7.66. The van der Waals surface area contributed by atoms with Crippen LogP contribution in [0.2, 0.25) is 15.1 Å². The molecule has 0 unspecified atom stereocenters. The van der Waals surface area contributed by atoms with E-state index >= 15 is 0 Å². The molecule has 2 aromatic rings. The molecule has 0 aliphatic carbocycles. The van der Waals surface area contributed by atoms with E-state index in [2.05, 4.69) is 4.98 Å². The molecule has 0 amide bonds. The number of hydrogen-bond acceptors (Lipinski definition) is 3. The van der Waals surface area contributed by atoms with E-state index in [1.807, 2.05) is 0 Å². The fourth-order valence-corrected chi connectivity index (χ4v) is 1.82. The molecule has 1 heterocycles. The Morgan fingerprint density at radius 2 is 1.84 bits per heavy atom. The lowest BCUT2D eigenvalue weighted by atomic mass is 10.3. The number of carboxylic acids is 1. The fourth-order valence-electron chi connectivity index (χ4n) is 1.31. The lowest BCUT2D eigenvalue weighted by molar-refractivity contribution is 0.0690. The molecule has 19 heavy (non-hydrogen) atoms. The number of aromatic nitrogens is 1. The largest absolute Gasteiger partial charge is 0.476 e. The number of carbonyl (C=O) groups is 1. The van der Waals surface area contributed by atoms with Crippen LogP contribution >= 0.6 is 34.8 Å². The molecule has 0 aliphatic rings. The quantitative estimate of drug-likeness (QED) is 0.903. The van der Waals surface area contributed by atoms with Crippen LogP contribution in [-0.4, -0.2) is 16.1 Å². The number of halogens is 3. The van der Waals surface area contributed by atoms with Gasteiger partial charge in [-0.05, 0) is 18.2 Å². The Bertz CT molecular complexity index is 646. The minimum atomic E-state index is -1.24. The van der Waals surface area contributed by atoms with E-state index in [4.69, 9.17) is 44.6 Å². The second-order valence-corrected chi connectivity index (χ2v) is 4.63. The van der Waals surface area contributed by atoms with Crippen LogP contribution in [0.1, 0.15) is 10.5 Å². The second kappa shape index (κ2) is 5.65. The summed E-state index contributed by atoms with van der Waals surface area (Å²) in [5.41, 5.74) is -0.294. The minimum Gasteiger partial charge on any atom is -0.476 e. The van der Waals surface area contributed by atoms with E-state index in [-0.39, 0.29) is 27.4 Å². The molecule has 1 aromatic heterocycles. The molecule has 98 valence electrons. The van der Waals surface area contributed by atoms with Crippen molar-refractivity contribution in [1.29, 1.82) is 0 Å². The highest BCUT2D eigenvalue weighted by molar-refractivity contribution is 6.42. The van der Waals surface area contributed by atoms with Crippen molar-refractivity contribution in [1.82, 2.24) is 4.98 Å². The highest BCUT2D eigenvalue weighted by Gasteiger charge is 2.13. The second-order valence-electron chi connectivity index (χ2n) is 3.44. The number of rotatable bonds is 3. The fraction of sp³-hybridized carbons (Fsp3) is 0. The summed E-state index contributed by atoms with van der Waals surface area (Å²) in [7, 11) is 0. The third-order valence-corrected chi connectivity index (χ3v) is 3.26. The highest BCUT2D eigenvalue weighted by Crippen LogP contribution is 2.34. The zero-order chi connectivity index (χ0) is 14.0. The number of hydrogen-bond donors (Lipinski definition) is 1. The Kier molecular flexibility index (Phi) is 4.14. The van der Waals surface area contributed by atoms with Gasteiger partial charge < -0.3 is 9.84 Å². The Hall–Kier alpha value is -1.49. The summed E-state index contributed by atoms with van der Waals surface area (Å²) in [5, 5.41) is 9.48. The lowest BCUT2D eigenvalue weighted by Crippen LogP contribution is -2.02. The van der Waals surface area contributed by atoms with Crippen LogP contribution in [0.25, 0.3) is 0 Å². The molecule has 2 rings (SSSR count). The third-order valence-electron chi connectivity index (χ3n) is 2.15. The Balaban J connectivity index is 2.36. The van der Waals surface area contributed by atoms with E-state index in [0.29, 0.717) is 5.02 Å². The van der Waals surface area contributed by atoms with Crippen LogP contribution in [0.4, 0.5) is 0 Å². The van der Waals surface area contributed by atoms with Crippen molar-refractivity contribution >= 4 is 40.8 Å². The predicted octanol–water partition coefficient (Wildman–Crippen LogP) is 4.53. The van der Waals surface area contributed by atoms with Crippen molar-refractivity contribution in [3.05, 3.63) is 51.1 Å². The van der Waals surface area contributed by atoms with E-state index in [9.17, 15) is 4.79 Å². The monoisotopic (exact) mass is 317 g/mol. The maximum absolute atomic E-state index is 10.9. The Morgan fingerprint density at radius 1 is 1.11 bits per heavy atom. The van der Waals surface area contributed by atoms with Gasteiger partial charge >= 0.3 is 5.97 Å². The van der Waals surface area contributed by atoms with Gasteiger partial charge in [0.1, 0.15) is 10.8 Å². The van der Waals surface area contributed by atoms with Crippen molar-refractivity contribution in [3.63, 3.8) is 0 Å². The first-order chi connectivity index (χ1) is 8.99. The highest BCUT2D eigenvalue weighted by atomic mass is 35.5. The van der Waals surface area contributed by atoms with E-state index in [1.54, 1.807) is 18.2 Å². The van der Waals surface area contributed by atoms with Crippen molar-refractivity contribution in [2.24, 2.45) is 0 Å². The predicted molar refractivity (Wildman–Crippen MR) is 72.7 cm³/mol. The van der Waals surface area contributed by atoms with Gasteiger partial charge in [-0.3, -0.25) is 0 Å². The van der Waals surface area contributed by atoms with Gasteiger partial charge in [-0.1, -0.05) is 40.9 Å². The molecule has 0 saturated heterocycles. The maximum atomic E-state index is 10.9. The molecule has 0 bridgehead atoms. The summed E-state index contributed by atoms with van der Waals surface area (Å²) in [6.07, 6.45) is 0. The van der Waals surface area contributed by atoms with Gasteiger partial charge in [-0.25, -0.2) is 9.78 Å². The first-order valence-electron chi connectivity index (χ1n) is 5.00. The van der Waals surface area contributed by atoms with Gasteiger partial charge in [0.15, 0.2) is 5.69 Å². The number of benzene rings is 1. The summed E-state index contributed by atoms with van der Waals surface area (Å²) in [4.78, 5) is 14.7. The Labute approximate surface area is 123 Å². The molecule has 0 fully saturated rings. The van der Waals surface area contributed by atoms with Crippen molar-refractivity contribution < 1.29 is 14.6 Å². The molecular formula is C12H6Cl3NO3. The van der Waals surface area contributed by atoms with E-state index < -0.39 is 5.97 Å². The standard InChI is InChI=1S/C12H6Cl3NO3/c13-6-2-1-3-8(10(6)15)19-9-5-4-7(14)11(16-9)12(17)18/h1-5H,(H,17,18). The SMILES string of the molecule is O=C(O)c1nc(Oc2cccc(Cl)c2Cl)ccc1Cl. The van der Waals surface area contributed by atoms with Crippen LogP contribution in [0.5, 0.6) is 11.6 Å². The lowest BCUT2D eigenvalue weighted by Gasteiger charge is -2.08. The number of aromatic carboxylic acids is 1. The molecular weight excluding hydrogens is 312 g/mol. The van der Waals surface area contributed by atoms with E-state index in [0.717, 1.165) is 0 Å². The van der Waals surface area contributed by atoms with Gasteiger partial charge in [0.05, 0.1) is 10.0 Å². The van der Waals surface area contributed by atoms with Crippen molar-refractivity contribution in [2.45, 2.75) is 0 Å². The minimum absolute atomic E-state index is 0.0250. The zero-order valence-corrected chi connectivity index (χ0v) is 11.5. The van der Waals surface area contributed by atoms with Gasteiger partial charge in [-0.2, -0.15) is 0 Å². The summed E-state index contributed by atoms with van der Waals surface area (Å²) < 4.78 is 5.39. The number of carboxylic acid groups (broad SMARTS) is 1. The Morgan fingerprint density at radius 3 is 2.53 bits per heavy atom. The molecule has 1 aromatic carbocycles. The molecule has 0 spiro atoms. The smallest absolute Gasteiger partial charge is 0.356 e. The van der Waals surface area contributed by atoms with E-state index in [1.165, 1.54) is 12.1 Å².